The Hall–Kier alpha value is -0.180. The molecule has 0 bridgehead atoms. The molecule has 6 nitrogen and oxygen atoms in total. The van der Waals surface area contributed by atoms with E-state index in [0.29, 0.717) is 6.42 Å². The minimum absolute atomic E-state index is 0.175. The van der Waals surface area contributed by atoms with Gasteiger partial charge in [-0.2, -0.15) is 4.31 Å². The number of hydrogen-bond donors (Lipinski definition) is 1. The van der Waals surface area contributed by atoms with E-state index in [-0.39, 0.29) is 12.5 Å². The van der Waals surface area contributed by atoms with Crippen molar-refractivity contribution >= 4 is 20.0 Å². The maximum Gasteiger partial charge on any atom is 0.215 e. The van der Waals surface area contributed by atoms with Gasteiger partial charge in [-0.1, -0.05) is 20.3 Å². The molecule has 0 aromatic carbocycles. The van der Waals surface area contributed by atoms with Gasteiger partial charge in [-0.05, 0) is 60.8 Å². The van der Waals surface area contributed by atoms with E-state index in [4.69, 9.17) is 0 Å². The quantitative estimate of drug-likeness (QED) is 0.613. The number of nitrogens with one attached hydrogen (secondary N) is 1. The fourth-order valence-corrected chi connectivity index (χ4v) is 7.36. The van der Waals surface area contributed by atoms with Crippen molar-refractivity contribution < 1.29 is 16.8 Å². The maximum absolute atomic E-state index is 12.7. The molecular weight excluding hydrogens is 360 g/mol. The first-order chi connectivity index (χ1) is 11.0. The van der Waals surface area contributed by atoms with Crippen LogP contribution in [0.2, 0.25) is 0 Å². The molecule has 0 radical (unpaired) electrons. The highest BCUT2D eigenvalue weighted by molar-refractivity contribution is 7.90. The third-order valence-electron chi connectivity index (χ3n) is 4.13. The van der Waals surface area contributed by atoms with Gasteiger partial charge in [-0.15, -0.1) is 0 Å². The van der Waals surface area contributed by atoms with E-state index in [1.807, 2.05) is 34.6 Å². The summed E-state index contributed by atoms with van der Waals surface area (Å²) >= 11 is 0. The van der Waals surface area contributed by atoms with Gasteiger partial charge in [0.15, 0.2) is 0 Å². The number of sulfonamides is 2. The normalized spacial score (nSPS) is 16.9. The van der Waals surface area contributed by atoms with Crippen molar-refractivity contribution in [1.29, 1.82) is 0 Å². The smallest absolute Gasteiger partial charge is 0.212 e. The average Bonchev–Trinajstić information content (AvgIpc) is 2.30. The molecular formula is C17H38N2O4S2. The lowest BCUT2D eigenvalue weighted by atomic mass is 9.95. The van der Waals surface area contributed by atoms with Crippen LogP contribution in [0.5, 0.6) is 0 Å². The van der Waals surface area contributed by atoms with E-state index in [9.17, 15) is 16.8 Å². The maximum atomic E-state index is 12.7. The standard InChI is InChI=1S/C17H38N2O4S2/c1-10-12-14(3)19(24(9,20)21)17(7,8)13-15(11-2)25(22,23)18-16(4,5)6/h14-15,18H,10-13H2,1-9H3. The predicted octanol–water partition coefficient (Wildman–Crippen LogP) is 3.10. The Bertz CT molecular complexity index is 620. The van der Waals surface area contributed by atoms with Crippen molar-refractivity contribution in [2.24, 2.45) is 0 Å². The molecule has 0 saturated heterocycles. The van der Waals surface area contributed by atoms with Gasteiger partial charge in [0, 0.05) is 17.1 Å². The first kappa shape index (κ1) is 24.8. The van der Waals surface area contributed by atoms with Crippen LogP contribution in [0.1, 0.15) is 81.1 Å². The van der Waals surface area contributed by atoms with Crippen molar-refractivity contribution in [1.82, 2.24) is 9.03 Å². The fourth-order valence-electron chi connectivity index (χ4n) is 3.54. The summed E-state index contributed by atoms with van der Waals surface area (Å²) in [5.41, 5.74) is -1.36. The van der Waals surface area contributed by atoms with Crippen LogP contribution < -0.4 is 4.72 Å². The molecule has 0 aromatic rings. The molecule has 2 atom stereocenters. The molecule has 0 fully saturated rings. The Morgan fingerprint density at radius 1 is 1.00 bits per heavy atom. The van der Waals surface area contributed by atoms with Crippen LogP contribution in [0.4, 0.5) is 0 Å². The summed E-state index contributed by atoms with van der Waals surface area (Å²) in [5, 5.41) is -0.653. The Morgan fingerprint density at radius 2 is 1.48 bits per heavy atom. The molecule has 0 amide bonds. The van der Waals surface area contributed by atoms with Crippen LogP contribution in [0.15, 0.2) is 0 Å². The zero-order valence-corrected chi connectivity index (χ0v) is 19.0. The molecule has 0 saturated carbocycles. The van der Waals surface area contributed by atoms with Crippen LogP contribution in [0, 0.1) is 0 Å². The number of rotatable bonds is 10. The van der Waals surface area contributed by atoms with Crippen LogP contribution in [-0.2, 0) is 20.0 Å². The lowest BCUT2D eigenvalue weighted by Crippen LogP contribution is -2.55. The minimum atomic E-state index is -3.55. The second kappa shape index (κ2) is 8.67. The number of nitrogens with zero attached hydrogens (tertiary/aromatic N) is 1. The zero-order valence-electron chi connectivity index (χ0n) is 17.4. The fraction of sp³-hybridized carbons (Fsp3) is 1.00. The van der Waals surface area contributed by atoms with Gasteiger partial charge in [0.05, 0.1) is 11.5 Å². The van der Waals surface area contributed by atoms with E-state index in [2.05, 4.69) is 4.72 Å². The molecule has 0 heterocycles. The topological polar surface area (TPSA) is 83.6 Å². The van der Waals surface area contributed by atoms with Gasteiger partial charge < -0.3 is 0 Å². The monoisotopic (exact) mass is 398 g/mol. The third-order valence-corrected chi connectivity index (χ3v) is 7.97. The summed E-state index contributed by atoms with van der Waals surface area (Å²) in [6, 6.07) is -0.175. The summed E-state index contributed by atoms with van der Waals surface area (Å²) in [6.45, 7) is 14.7. The summed E-state index contributed by atoms with van der Waals surface area (Å²) in [5.74, 6) is 0. The Balaban J connectivity index is 5.73. The molecule has 152 valence electrons. The van der Waals surface area contributed by atoms with Crippen molar-refractivity contribution in [3.63, 3.8) is 0 Å². The Kier molecular flexibility index (Phi) is 8.61. The highest BCUT2D eigenvalue weighted by atomic mass is 32.2. The van der Waals surface area contributed by atoms with E-state index >= 15 is 0 Å². The summed E-state index contributed by atoms with van der Waals surface area (Å²) in [4.78, 5) is 0. The van der Waals surface area contributed by atoms with Gasteiger partial charge in [0.1, 0.15) is 0 Å². The molecule has 0 rings (SSSR count). The van der Waals surface area contributed by atoms with Crippen molar-refractivity contribution in [2.45, 2.75) is 103 Å². The molecule has 1 N–H and O–H groups in total. The van der Waals surface area contributed by atoms with Crippen molar-refractivity contribution in [3.05, 3.63) is 0 Å². The van der Waals surface area contributed by atoms with E-state index in [0.717, 1.165) is 12.8 Å². The molecule has 0 aliphatic carbocycles. The first-order valence-corrected chi connectivity index (χ1v) is 12.4. The minimum Gasteiger partial charge on any atom is -0.212 e. The zero-order chi connectivity index (χ0) is 20.3. The predicted molar refractivity (Wildman–Crippen MR) is 106 cm³/mol. The number of hydrogen-bond acceptors (Lipinski definition) is 4. The summed E-state index contributed by atoms with van der Waals surface area (Å²) < 4.78 is 54.5. The Labute approximate surface area is 155 Å². The molecule has 2 unspecified atom stereocenters. The van der Waals surface area contributed by atoms with Crippen LogP contribution in [0.3, 0.4) is 0 Å². The molecule has 0 aliphatic rings. The van der Waals surface area contributed by atoms with Gasteiger partial charge in [-0.25, -0.2) is 21.6 Å². The third kappa shape index (κ3) is 7.93. The SMILES string of the molecule is CCCC(C)N(C(C)(C)CC(CC)S(=O)(=O)NC(C)(C)C)S(C)(=O)=O. The lowest BCUT2D eigenvalue weighted by Gasteiger charge is -2.42. The summed E-state index contributed by atoms with van der Waals surface area (Å²) in [6.07, 6.45) is 3.47. The molecule has 25 heavy (non-hydrogen) atoms. The van der Waals surface area contributed by atoms with Crippen molar-refractivity contribution in [3.8, 4) is 0 Å². The van der Waals surface area contributed by atoms with Gasteiger partial charge in [0.25, 0.3) is 0 Å². The van der Waals surface area contributed by atoms with E-state index in [1.165, 1.54) is 10.6 Å². The second-order valence-electron chi connectivity index (χ2n) is 8.64. The highest BCUT2D eigenvalue weighted by Crippen LogP contribution is 2.31. The molecule has 0 spiro atoms. The molecule has 0 aromatic heterocycles. The van der Waals surface area contributed by atoms with Crippen LogP contribution >= 0.6 is 0 Å². The van der Waals surface area contributed by atoms with Crippen LogP contribution in [-0.4, -0.2) is 49.8 Å². The van der Waals surface area contributed by atoms with Gasteiger partial charge >= 0.3 is 0 Å². The summed E-state index contributed by atoms with van der Waals surface area (Å²) in [7, 11) is -7.01. The average molecular weight is 399 g/mol. The molecule has 8 heteroatoms. The van der Waals surface area contributed by atoms with Crippen LogP contribution in [0.25, 0.3) is 0 Å². The van der Waals surface area contributed by atoms with Crippen molar-refractivity contribution in [2.75, 3.05) is 6.26 Å². The highest BCUT2D eigenvalue weighted by Gasteiger charge is 2.41. The second-order valence-corrected chi connectivity index (χ2v) is 12.5. The lowest BCUT2D eigenvalue weighted by molar-refractivity contribution is 0.161. The Morgan fingerprint density at radius 3 is 1.80 bits per heavy atom. The van der Waals surface area contributed by atoms with E-state index < -0.39 is 36.4 Å². The molecule has 0 aliphatic heterocycles. The van der Waals surface area contributed by atoms with Gasteiger partial charge in [0.2, 0.25) is 20.0 Å². The first-order valence-electron chi connectivity index (χ1n) is 9.00. The largest absolute Gasteiger partial charge is 0.215 e. The van der Waals surface area contributed by atoms with Gasteiger partial charge in [-0.3, -0.25) is 0 Å². The van der Waals surface area contributed by atoms with E-state index in [1.54, 1.807) is 20.8 Å².